The molecule has 2 heterocycles. The van der Waals surface area contributed by atoms with E-state index in [0.717, 1.165) is 71.6 Å². The van der Waals surface area contributed by atoms with Crippen LogP contribution < -0.4 is 0 Å². The highest BCUT2D eigenvalue weighted by Crippen LogP contribution is 2.45. The van der Waals surface area contributed by atoms with Gasteiger partial charge in [0.2, 0.25) is 0 Å². The fourth-order valence-corrected chi connectivity index (χ4v) is 7.55. The minimum atomic E-state index is 0.706. The molecule has 0 N–H and O–H groups in total. The largest absolute Gasteiger partial charge is 0.455 e. The number of hydrogen-bond donors (Lipinski definition) is 0. The first-order valence-corrected chi connectivity index (χ1v) is 17.2. The lowest BCUT2D eigenvalue weighted by Crippen LogP contribution is -1.96. The van der Waals surface area contributed by atoms with Crippen LogP contribution in [0, 0.1) is 0 Å². The number of nitrogens with zero attached hydrogens (tertiary/aromatic N) is 2. The maximum absolute atomic E-state index is 6.66. The average molecular weight is 651 g/mol. The van der Waals surface area contributed by atoms with E-state index in [9.17, 15) is 0 Å². The Morgan fingerprint density at radius 1 is 0.333 bits per heavy atom. The summed E-state index contributed by atoms with van der Waals surface area (Å²) in [4.78, 5) is 10.2. The first kappa shape index (κ1) is 29.1. The zero-order chi connectivity index (χ0) is 33.7. The lowest BCUT2D eigenvalue weighted by atomic mass is 9.89. The van der Waals surface area contributed by atoms with Crippen LogP contribution in [0.5, 0.6) is 0 Å². The highest BCUT2D eigenvalue weighted by molar-refractivity contribution is 6.23. The number of hydrogen-bond acceptors (Lipinski definition) is 3. The molecule has 3 nitrogen and oxygen atoms in total. The molecule has 0 saturated carbocycles. The van der Waals surface area contributed by atoms with Crippen molar-refractivity contribution < 1.29 is 4.42 Å². The topological polar surface area (TPSA) is 38.9 Å². The van der Waals surface area contributed by atoms with Gasteiger partial charge in [0.05, 0.1) is 11.4 Å². The molecular weight excluding hydrogens is 621 g/mol. The zero-order valence-electron chi connectivity index (χ0n) is 27.6. The third kappa shape index (κ3) is 4.90. The molecule has 0 fully saturated rings. The van der Waals surface area contributed by atoms with Crippen molar-refractivity contribution >= 4 is 43.5 Å². The van der Waals surface area contributed by atoms with Gasteiger partial charge in [-0.25, -0.2) is 9.97 Å². The lowest BCUT2D eigenvalue weighted by molar-refractivity contribution is 0.673. The highest BCUT2D eigenvalue weighted by Gasteiger charge is 2.20. The Labute approximate surface area is 295 Å². The monoisotopic (exact) mass is 650 g/mol. The normalized spacial score (nSPS) is 11.5. The first-order valence-electron chi connectivity index (χ1n) is 17.2. The summed E-state index contributed by atoms with van der Waals surface area (Å²) >= 11 is 0. The van der Waals surface area contributed by atoms with E-state index >= 15 is 0 Å². The summed E-state index contributed by atoms with van der Waals surface area (Å²) < 4.78 is 6.66. The molecule has 10 aromatic rings. The molecular formula is C48H30N2O. The summed E-state index contributed by atoms with van der Waals surface area (Å²) in [7, 11) is 0. The number of benzene rings is 8. The van der Waals surface area contributed by atoms with Crippen LogP contribution in [-0.2, 0) is 0 Å². The van der Waals surface area contributed by atoms with Crippen LogP contribution in [0.3, 0.4) is 0 Å². The molecule has 0 aliphatic carbocycles. The van der Waals surface area contributed by atoms with Gasteiger partial charge in [-0.2, -0.15) is 0 Å². The van der Waals surface area contributed by atoms with Crippen LogP contribution in [0.15, 0.2) is 186 Å². The van der Waals surface area contributed by atoms with E-state index < -0.39 is 0 Å². The van der Waals surface area contributed by atoms with E-state index in [4.69, 9.17) is 14.4 Å². The van der Waals surface area contributed by atoms with Crippen LogP contribution in [0.1, 0.15) is 0 Å². The third-order valence-electron chi connectivity index (χ3n) is 9.91. The van der Waals surface area contributed by atoms with Gasteiger partial charge in [-0.15, -0.1) is 0 Å². The van der Waals surface area contributed by atoms with Gasteiger partial charge in [0.1, 0.15) is 11.2 Å². The summed E-state index contributed by atoms with van der Waals surface area (Å²) in [6, 6.07) is 63.7. The summed E-state index contributed by atoms with van der Waals surface area (Å²) in [5, 5.41) is 6.80. The Kier molecular flexibility index (Phi) is 6.81. The molecule has 238 valence electrons. The minimum absolute atomic E-state index is 0.706. The van der Waals surface area contributed by atoms with Crippen LogP contribution in [0.4, 0.5) is 0 Å². The fraction of sp³-hybridized carbons (Fsp3) is 0. The molecule has 0 amide bonds. The predicted octanol–water partition coefficient (Wildman–Crippen LogP) is 13.0. The van der Waals surface area contributed by atoms with E-state index in [2.05, 4.69) is 158 Å². The molecule has 3 heteroatoms. The van der Waals surface area contributed by atoms with Crippen molar-refractivity contribution in [2.75, 3.05) is 0 Å². The van der Waals surface area contributed by atoms with Crippen LogP contribution in [0.2, 0.25) is 0 Å². The van der Waals surface area contributed by atoms with E-state index in [0.29, 0.717) is 5.82 Å². The van der Waals surface area contributed by atoms with Crippen molar-refractivity contribution in [2.45, 2.75) is 0 Å². The van der Waals surface area contributed by atoms with Crippen LogP contribution in [0.25, 0.3) is 99.6 Å². The second-order valence-corrected chi connectivity index (χ2v) is 12.9. The Bertz CT molecular complexity index is 2840. The third-order valence-corrected chi connectivity index (χ3v) is 9.91. The van der Waals surface area contributed by atoms with Crippen molar-refractivity contribution in [3.8, 4) is 56.2 Å². The average Bonchev–Trinajstić information content (AvgIpc) is 3.60. The second-order valence-electron chi connectivity index (χ2n) is 12.9. The number of rotatable bonds is 5. The summed E-state index contributed by atoms with van der Waals surface area (Å²) in [6.45, 7) is 0. The molecule has 2 aromatic heterocycles. The Morgan fingerprint density at radius 3 is 1.59 bits per heavy atom. The van der Waals surface area contributed by atoms with Crippen molar-refractivity contribution in [3.63, 3.8) is 0 Å². The van der Waals surface area contributed by atoms with Gasteiger partial charge in [-0.1, -0.05) is 164 Å². The maximum Gasteiger partial charge on any atom is 0.160 e. The Balaban J connectivity index is 1.23. The van der Waals surface area contributed by atoms with E-state index in [1.807, 2.05) is 24.3 Å². The first-order chi connectivity index (χ1) is 25.3. The van der Waals surface area contributed by atoms with Gasteiger partial charge < -0.3 is 4.42 Å². The molecule has 0 radical (unpaired) electrons. The summed E-state index contributed by atoms with van der Waals surface area (Å²) in [5.74, 6) is 0.706. The van der Waals surface area contributed by atoms with Gasteiger partial charge in [-0.05, 0) is 56.6 Å². The van der Waals surface area contributed by atoms with E-state index in [1.165, 1.54) is 22.3 Å². The second kappa shape index (κ2) is 11.9. The molecule has 0 unspecified atom stereocenters. The number of furan rings is 1. The van der Waals surface area contributed by atoms with Crippen LogP contribution >= 0.6 is 0 Å². The summed E-state index contributed by atoms with van der Waals surface area (Å²) in [5.41, 5.74) is 11.4. The molecule has 0 spiro atoms. The number of aromatic nitrogens is 2. The van der Waals surface area contributed by atoms with Crippen LogP contribution in [-0.4, -0.2) is 9.97 Å². The molecule has 51 heavy (non-hydrogen) atoms. The quantitative estimate of drug-likeness (QED) is 0.186. The van der Waals surface area contributed by atoms with Gasteiger partial charge in [0, 0.05) is 32.8 Å². The molecule has 0 aliphatic rings. The fourth-order valence-electron chi connectivity index (χ4n) is 7.55. The predicted molar refractivity (Wildman–Crippen MR) is 212 cm³/mol. The molecule has 0 bridgehead atoms. The Hall–Kier alpha value is -6.84. The minimum Gasteiger partial charge on any atom is -0.455 e. The molecule has 10 rings (SSSR count). The molecule has 8 aromatic carbocycles. The van der Waals surface area contributed by atoms with E-state index in [1.54, 1.807) is 0 Å². The zero-order valence-corrected chi connectivity index (χ0v) is 27.6. The van der Waals surface area contributed by atoms with Gasteiger partial charge in [-0.3, -0.25) is 0 Å². The molecule has 0 aliphatic heterocycles. The van der Waals surface area contributed by atoms with Crippen molar-refractivity contribution in [3.05, 3.63) is 182 Å². The van der Waals surface area contributed by atoms with Gasteiger partial charge in [0.15, 0.2) is 5.82 Å². The van der Waals surface area contributed by atoms with Gasteiger partial charge in [0.25, 0.3) is 0 Å². The Morgan fingerprint density at radius 2 is 0.882 bits per heavy atom. The van der Waals surface area contributed by atoms with Crippen molar-refractivity contribution in [1.82, 2.24) is 9.97 Å². The maximum atomic E-state index is 6.66. The smallest absolute Gasteiger partial charge is 0.160 e. The lowest BCUT2D eigenvalue weighted by Gasteiger charge is -2.15. The van der Waals surface area contributed by atoms with Crippen molar-refractivity contribution in [1.29, 1.82) is 0 Å². The highest BCUT2D eigenvalue weighted by atomic mass is 16.3. The standard InChI is InChI=1S/C48H30N2O/c1-4-15-31(16-5-1)34-25-14-26-45-46(34)42-29-41(37-23-12-13-24-40(37)47(42)51-45)38-27-28-39(36-22-11-10-21-35(36)38)44-30-43(32-17-6-2-7-18-32)49-48(50-44)33-19-8-3-9-20-33/h1-30H. The number of fused-ring (bicyclic) bond motifs is 6. The molecule has 0 atom stereocenters. The van der Waals surface area contributed by atoms with Gasteiger partial charge >= 0.3 is 0 Å². The SMILES string of the molecule is c1ccc(-c2cc(-c3ccc(-c4cc5c(oc6cccc(-c7ccccc7)c65)c5ccccc45)c4ccccc34)nc(-c3ccccc3)n2)cc1. The summed E-state index contributed by atoms with van der Waals surface area (Å²) in [6.07, 6.45) is 0. The van der Waals surface area contributed by atoms with E-state index in [-0.39, 0.29) is 0 Å². The van der Waals surface area contributed by atoms with Crippen molar-refractivity contribution in [2.24, 2.45) is 0 Å². The molecule has 0 saturated heterocycles.